The molecular formula is C25H32N2O3S. The van der Waals surface area contributed by atoms with E-state index in [0.29, 0.717) is 25.5 Å². The zero-order chi connectivity index (χ0) is 22.0. The SMILES string of the molecule is Cc1ccc(OCC2c3ccsc3CCN2C(=O)CN(C(=O)CC(C)C)C2CC2)cc1. The number of rotatable bonds is 8. The van der Waals surface area contributed by atoms with Gasteiger partial charge in [0.1, 0.15) is 18.9 Å². The number of carbonyl (C=O) groups excluding carboxylic acids is 2. The Morgan fingerprint density at radius 3 is 2.61 bits per heavy atom. The lowest BCUT2D eigenvalue weighted by Gasteiger charge is -2.37. The van der Waals surface area contributed by atoms with E-state index in [2.05, 4.69) is 18.4 Å². The molecule has 4 rings (SSSR count). The van der Waals surface area contributed by atoms with Gasteiger partial charge in [-0.1, -0.05) is 31.5 Å². The molecule has 2 aliphatic rings. The van der Waals surface area contributed by atoms with E-state index in [4.69, 9.17) is 4.74 Å². The molecule has 6 heteroatoms. The minimum absolute atomic E-state index is 0.0263. The first kappa shape index (κ1) is 21.9. The molecule has 0 radical (unpaired) electrons. The number of benzene rings is 1. The third kappa shape index (κ3) is 5.29. The van der Waals surface area contributed by atoms with E-state index in [1.54, 1.807) is 11.3 Å². The Hall–Kier alpha value is -2.34. The summed E-state index contributed by atoms with van der Waals surface area (Å²) in [5.41, 5.74) is 2.37. The number of nitrogens with zero attached hydrogens (tertiary/aromatic N) is 2. The van der Waals surface area contributed by atoms with Gasteiger partial charge >= 0.3 is 0 Å². The summed E-state index contributed by atoms with van der Waals surface area (Å²) in [6, 6.07) is 10.2. The summed E-state index contributed by atoms with van der Waals surface area (Å²) in [6.45, 7) is 7.41. The first-order chi connectivity index (χ1) is 14.9. The molecule has 31 heavy (non-hydrogen) atoms. The molecule has 0 N–H and O–H groups in total. The van der Waals surface area contributed by atoms with Crippen LogP contribution < -0.4 is 4.74 Å². The summed E-state index contributed by atoms with van der Waals surface area (Å²) in [5, 5.41) is 2.10. The highest BCUT2D eigenvalue weighted by molar-refractivity contribution is 7.10. The number of thiophene rings is 1. The zero-order valence-electron chi connectivity index (χ0n) is 18.7. The summed E-state index contributed by atoms with van der Waals surface area (Å²) >= 11 is 1.75. The smallest absolute Gasteiger partial charge is 0.242 e. The van der Waals surface area contributed by atoms with E-state index in [9.17, 15) is 9.59 Å². The maximum absolute atomic E-state index is 13.4. The molecule has 2 aromatic rings. The van der Waals surface area contributed by atoms with E-state index in [1.165, 1.54) is 16.0 Å². The van der Waals surface area contributed by atoms with Crippen LogP contribution in [0.1, 0.15) is 55.2 Å². The van der Waals surface area contributed by atoms with Crippen molar-refractivity contribution in [2.24, 2.45) is 5.92 Å². The molecule has 1 aliphatic carbocycles. The number of carbonyl (C=O) groups is 2. The number of fused-ring (bicyclic) bond motifs is 1. The molecule has 1 atom stereocenters. The lowest BCUT2D eigenvalue weighted by molar-refractivity contribution is -0.143. The fourth-order valence-corrected chi connectivity index (χ4v) is 5.12. The second-order valence-corrected chi connectivity index (χ2v) is 10.1. The van der Waals surface area contributed by atoms with Crippen LogP contribution >= 0.6 is 11.3 Å². The number of amides is 2. The Bertz CT molecular complexity index is 917. The predicted octanol–water partition coefficient (Wildman–Crippen LogP) is 4.60. The van der Waals surface area contributed by atoms with Crippen LogP contribution in [0.3, 0.4) is 0 Å². The number of aryl methyl sites for hydroxylation is 1. The van der Waals surface area contributed by atoms with Crippen molar-refractivity contribution < 1.29 is 14.3 Å². The van der Waals surface area contributed by atoms with Crippen molar-refractivity contribution in [3.05, 3.63) is 51.7 Å². The van der Waals surface area contributed by atoms with Crippen LogP contribution in [0.4, 0.5) is 0 Å². The Labute approximate surface area is 189 Å². The first-order valence-corrected chi connectivity index (χ1v) is 12.1. The minimum atomic E-state index is -0.120. The van der Waals surface area contributed by atoms with Crippen LogP contribution in [0, 0.1) is 12.8 Å². The van der Waals surface area contributed by atoms with Gasteiger partial charge in [0, 0.05) is 23.9 Å². The molecule has 1 aromatic carbocycles. The first-order valence-electron chi connectivity index (χ1n) is 11.3. The summed E-state index contributed by atoms with van der Waals surface area (Å²) < 4.78 is 6.10. The van der Waals surface area contributed by atoms with E-state index in [0.717, 1.165) is 25.0 Å². The van der Waals surface area contributed by atoms with Gasteiger partial charge in [-0.2, -0.15) is 0 Å². The molecule has 5 nitrogen and oxygen atoms in total. The van der Waals surface area contributed by atoms with Crippen molar-refractivity contribution in [3.8, 4) is 5.75 Å². The van der Waals surface area contributed by atoms with Gasteiger partial charge in [0.25, 0.3) is 0 Å². The molecular weight excluding hydrogens is 408 g/mol. The van der Waals surface area contributed by atoms with Crippen molar-refractivity contribution >= 4 is 23.2 Å². The van der Waals surface area contributed by atoms with Gasteiger partial charge < -0.3 is 14.5 Å². The van der Waals surface area contributed by atoms with Crippen LogP contribution in [-0.4, -0.2) is 47.4 Å². The van der Waals surface area contributed by atoms with Gasteiger partial charge in [-0.3, -0.25) is 9.59 Å². The molecule has 0 spiro atoms. The fraction of sp³-hybridized carbons (Fsp3) is 0.520. The Morgan fingerprint density at radius 1 is 1.19 bits per heavy atom. The Balaban J connectivity index is 1.48. The largest absolute Gasteiger partial charge is 0.491 e. The Morgan fingerprint density at radius 2 is 1.94 bits per heavy atom. The number of ether oxygens (including phenoxy) is 1. The van der Waals surface area contributed by atoms with Crippen LogP contribution in [0.5, 0.6) is 5.75 Å². The van der Waals surface area contributed by atoms with Gasteiger partial charge in [0.2, 0.25) is 11.8 Å². The molecule has 2 amide bonds. The molecule has 1 fully saturated rings. The minimum Gasteiger partial charge on any atom is -0.491 e. The molecule has 1 aromatic heterocycles. The lowest BCUT2D eigenvalue weighted by Crippen LogP contribution is -2.48. The van der Waals surface area contributed by atoms with Gasteiger partial charge in [0.15, 0.2) is 0 Å². The molecule has 1 unspecified atom stereocenters. The van der Waals surface area contributed by atoms with Crippen LogP contribution in [-0.2, 0) is 16.0 Å². The number of hydrogen-bond donors (Lipinski definition) is 0. The maximum Gasteiger partial charge on any atom is 0.242 e. The molecule has 2 heterocycles. The highest BCUT2D eigenvalue weighted by atomic mass is 32.1. The second-order valence-electron chi connectivity index (χ2n) is 9.13. The van der Waals surface area contributed by atoms with Crippen molar-refractivity contribution in [2.45, 2.75) is 58.5 Å². The summed E-state index contributed by atoms with van der Waals surface area (Å²) in [4.78, 5) is 31.3. The molecule has 0 saturated heterocycles. The van der Waals surface area contributed by atoms with Crippen LogP contribution in [0.2, 0.25) is 0 Å². The quantitative estimate of drug-likeness (QED) is 0.603. The summed E-state index contributed by atoms with van der Waals surface area (Å²) in [5.74, 6) is 1.24. The van der Waals surface area contributed by atoms with E-state index in [1.807, 2.05) is 47.9 Å². The van der Waals surface area contributed by atoms with Crippen molar-refractivity contribution in [1.29, 1.82) is 0 Å². The van der Waals surface area contributed by atoms with Crippen molar-refractivity contribution in [1.82, 2.24) is 9.80 Å². The predicted molar refractivity (Wildman–Crippen MR) is 123 cm³/mol. The lowest BCUT2D eigenvalue weighted by atomic mass is 10.00. The maximum atomic E-state index is 13.4. The average Bonchev–Trinajstić information content (AvgIpc) is 3.46. The third-order valence-electron chi connectivity index (χ3n) is 6.04. The van der Waals surface area contributed by atoms with Gasteiger partial charge in [0.05, 0.1) is 6.04 Å². The standard InChI is InChI=1S/C25H32N2O3S/c1-17(2)14-24(28)27(19-6-7-19)15-25(29)26-12-10-23-21(11-13-31-23)22(26)16-30-20-8-4-18(3)5-9-20/h4-5,8-9,11,13,17,19,22H,6-7,10,12,14-16H2,1-3H3. The molecule has 166 valence electrons. The van der Waals surface area contributed by atoms with Gasteiger partial charge in [-0.25, -0.2) is 0 Å². The molecule has 1 saturated carbocycles. The average molecular weight is 441 g/mol. The second kappa shape index (κ2) is 9.43. The molecule has 0 bridgehead atoms. The zero-order valence-corrected chi connectivity index (χ0v) is 19.5. The van der Waals surface area contributed by atoms with Crippen LogP contribution in [0.25, 0.3) is 0 Å². The Kier molecular flexibility index (Phi) is 6.65. The van der Waals surface area contributed by atoms with E-state index in [-0.39, 0.29) is 30.4 Å². The molecule has 1 aliphatic heterocycles. The highest BCUT2D eigenvalue weighted by Crippen LogP contribution is 2.35. The summed E-state index contributed by atoms with van der Waals surface area (Å²) in [7, 11) is 0. The van der Waals surface area contributed by atoms with Crippen LogP contribution in [0.15, 0.2) is 35.7 Å². The number of hydrogen-bond acceptors (Lipinski definition) is 4. The van der Waals surface area contributed by atoms with Crippen molar-refractivity contribution in [3.63, 3.8) is 0 Å². The summed E-state index contributed by atoms with van der Waals surface area (Å²) in [6.07, 6.45) is 3.37. The van der Waals surface area contributed by atoms with E-state index >= 15 is 0 Å². The highest BCUT2D eigenvalue weighted by Gasteiger charge is 2.37. The topological polar surface area (TPSA) is 49.9 Å². The third-order valence-corrected chi connectivity index (χ3v) is 7.04. The van der Waals surface area contributed by atoms with E-state index < -0.39 is 0 Å². The monoisotopic (exact) mass is 440 g/mol. The van der Waals surface area contributed by atoms with Gasteiger partial charge in [-0.15, -0.1) is 11.3 Å². The fourth-order valence-electron chi connectivity index (χ4n) is 4.19. The van der Waals surface area contributed by atoms with Crippen molar-refractivity contribution in [2.75, 3.05) is 19.7 Å². The van der Waals surface area contributed by atoms with Gasteiger partial charge in [-0.05, 0) is 61.2 Å². The normalized spacial score (nSPS) is 18.1.